The molecule has 0 bridgehead atoms. The molecule has 2 heterocycles. The lowest BCUT2D eigenvalue weighted by atomic mass is 10.1. The van der Waals surface area contributed by atoms with E-state index in [1.807, 2.05) is 5.51 Å². The van der Waals surface area contributed by atoms with E-state index in [9.17, 15) is 0 Å². The summed E-state index contributed by atoms with van der Waals surface area (Å²) in [5.74, 6) is 0.587. The molecule has 2 aromatic rings. The summed E-state index contributed by atoms with van der Waals surface area (Å²) in [4.78, 5) is 7.33. The fourth-order valence-corrected chi connectivity index (χ4v) is 2.11. The zero-order valence-corrected chi connectivity index (χ0v) is 7.40. The molecule has 0 unspecified atom stereocenters. The van der Waals surface area contributed by atoms with Gasteiger partial charge >= 0.3 is 0 Å². The Morgan fingerprint density at radius 3 is 3.09 bits per heavy atom. The minimum atomic E-state index is 0.587. The third kappa shape index (κ3) is 0.959. The first-order chi connectivity index (χ1) is 5.29. The van der Waals surface area contributed by atoms with Crippen LogP contribution in [0.15, 0.2) is 11.7 Å². The van der Waals surface area contributed by atoms with Gasteiger partial charge in [-0.3, -0.25) is 0 Å². The lowest BCUT2D eigenvalue weighted by molar-refractivity contribution is 0.877. The van der Waals surface area contributed by atoms with Gasteiger partial charge in [-0.1, -0.05) is 13.8 Å². The van der Waals surface area contributed by atoms with Gasteiger partial charge in [0.05, 0.1) is 10.2 Å². The highest BCUT2D eigenvalue weighted by Crippen LogP contribution is 2.27. The van der Waals surface area contributed by atoms with E-state index in [1.165, 1.54) is 10.3 Å². The van der Waals surface area contributed by atoms with Crippen molar-refractivity contribution >= 4 is 21.7 Å². The van der Waals surface area contributed by atoms with Crippen molar-refractivity contribution in [2.75, 3.05) is 0 Å². The molecule has 58 valence electrons. The third-order valence-electron chi connectivity index (χ3n) is 1.82. The smallest absolute Gasteiger partial charge is 0.148 e. The average molecular weight is 166 g/mol. The fraction of sp³-hybridized carbons (Fsp3) is 0.375. The van der Waals surface area contributed by atoms with Gasteiger partial charge in [0.1, 0.15) is 5.65 Å². The molecule has 3 heteroatoms. The SMILES string of the molecule is CC(C)c1c[nH]c2ncsc12. The molecule has 0 atom stereocenters. The summed E-state index contributed by atoms with van der Waals surface area (Å²) in [7, 11) is 0. The number of nitrogens with one attached hydrogen (secondary N) is 1. The summed E-state index contributed by atoms with van der Waals surface area (Å²) in [5, 5.41) is 0. The molecular formula is C8H10N2S. The van der Waals surface area contributed by atoms with Crippen molar-refractivity contribution < 1.29 is 0 Å². The predicted octanol–water partition coefficient (Wildman–Crippen LogP) is 2.75. The molecule has 0 amide bonds. The number of hydrogen-bond acceptors (Lipinski definition) is 2. The van der Waals surface area contributed by atoms with Gasteiger partial charge in [-0.15, -0.1) is 11.3 Å². The van der Waals surface area contributed by atoms with Crippen LogP contribution in [0.1, 0.15) is 25.3 Å². The highest BCUT2D eigenvalue weighted by Gasteiger charge is 2.07. The number of H-pyrrole nitrogens is 1. The fourth-order valence-electron chi connectivity index (χ4n) is 1.19. The van der Waals surface area contributed by atoms with E-state index in [4.69, 9.17) is 0 Å². The van der Waals surface area contributed by atoms with Crippen LogP contribution in [0.3, 0.4) is 0 Å². The van der Waals surface area contributed by atoms with Crippen molar-refractivity contribution in [3.8, 4) is 0 Å². The molecule has 0 aliphatic carbocycles. The second-order valence-electron chi connectivity index (χ2n) is 2.93. The lowest BCUT2D eigenvalue weighted by Crippen LogP contribution is -1.80. The number of rotatable bonds is 1. The maximum Gasteiger partial charge on any atom is 0.148 e. The number of aromatic nitrogens is 2. The minimum absolute atomic E-state index is 0.587. The van der Waals surface area contributed by atoms with Crippen LogP contribution in [-0.2, 0) is 0 Å². The molecule has 0 spiro atoms. The average Bonchev–Trinajstić information content (AvgIpc) is 2.41. The summed E-state index contributed by atoms with van der Waals surface area (Å²) in [6.07, 6.45) is 2.05. The van der Waals surface area contributed by atoms with Crippen LogP contribution in [0, 0.1) is 0 Å². The molecule has 11 heavy (non-hydrogen) atoms. The van der Waals surface area contributed by atoms with E-state index in [-0.39, 0.29) is 0 Å². The van der Waals surface area contributed by atoms with E-state index >= 15 is 0 Å². The molecule has 0 aromatic carbocycles. The van der Waals surface area contributed by atoms with Crippen LogP contribution in [0.5, 0.6) is 0 Å². The molecule has 0 aliphatic heterocycles. The Morgan fingerprint density at radius 1 is 1.55 bits per heavy atom. The van der Waals surface area contributed by atoms with Gasteiger partial charge < -0.3 is 4.98 Å². The molecule has 0 radical (unpaired) electrons. The van der Waals surface area contributed by atoms with Crippen LogP contribution in [0.25, 0.3) is 10.3 Å². The molecule has 0 saturated carbocycles. The van der Waals surface area contributed by atoms with Crippen molar-refractivity contribution in [2.45, 2.75) is 19.8 Å². The summed E-state index contributed by atoms with van der Waals surface area (Å²) < 4.78 is 1.31. The van der Waals surface area contributed by atoms with Gasteiger partial charge in [-0.2, -0.15) is 0 Å². The van der Waals surface area contributed by atoms with Crippen LogP contribution in [0.4, 0.5) is 0 Å². The number of hydrogen-bond donors (Lipinski definition) is 1. The molecule has 2 nitrogen and oxygen atoms in total. The zero-order chi connectivity index (χ0) is 7.84. The first-order valence-electron chi connectivity index (χ1n) is 3.69. The maximum atomic E-state index is 4.18. The second-order valence-corrected chi connectivity index (χ2v) is 3.78. The monoisotopic (exact) mass is 166 g/mol. The Balaban J connectivity index is 2.68. The normalized spacial score (nSPS) is 11.5. The second kappa shape index (κ2) is 2.34. The van der Waals surface area contributed by atoms with E-state index in [1.54, 1.807) is 11.3 Å². The number of aromatic amines is 1. The Morgan fingerprint density at radius 2 is 2.36 bits per heavy atom. The number of fused-ring (bicyclic) bond motifs is 1. The topological polar surface area (TPSA) is 28.7 Å². The Labute approximate surface area is 69.3 Å². The van der Waals surface area contributed by atoms with E-state index in [2.05, 4.69) is 30.0 Å². The molecule has 2 rings (SSSR count). The highest BCUT2D eigenvalue weighted by atomic mass is 32.1. The van der Waals surface area contributed by atoms with Crippen LogP contribution >= 0.6 is 11.3 Å². The summed E-state index contributed by atoms with van der Waals surface area (Å²) >= 11 is 1.71. The Kier molecular flexibility index (Phi) is 1.46. The van der Waals surface area contributed by atoms with Gasteiger partial charge in [-0.25, -0.2) is 4.98 Å². The maximum absolute atomic E-state index is 4.18. The first kappa shape index (κ1) is 6.85. The molecule has 2 aromatic heterocycles. The molecular weight excluding hydrogens is 156 g/mol. The van der Waals surface area contributed by atoms with Gasteiger partial charge in [0.25, 0.3) is 0 Å². The van der Waals surface area contributed by atoms with Gasteiger partial charge in [0.2, 0.25) is 0 Å². The summed E-state index contributed by atoms with van der Waals surface area (Å²) in [6.45, 7) is 4.39. The van der Waals surface area contributed by atoms with Crippen LogP contribution in [-0.4, -0.2) is 9.97 Å². The Hall–Kier alpha value is -0.830. The van der Waals surface area contributed by atoms with Crippen molar-refractivity contribution in [2.24, 2.45) is 0 Å². The van der Waals surface area contributed by atoms with Crippen molar-refractivity contribution in [3.05, 3.63) is 17.3 Å². The summed E-state index contributed by atoms with van der Waals surface area (Å²) in [6, 6.07) is 0. The summed E-state index contributed by atoms with van der Waals surface area (Å²) in [5.41, 5.74) is 4.29. The standard InChI is InChI=1S/C8H10N2S/c1-5(2)6-3-9-8-7(6)11-4-10-8/h3-5,9H,1-2H3. The van der Waals surface area contributed by atoms with Crippen molar-refractivity contribution in [1.29, 1.82) is 0 Å². The van der Waals surface area contributed by atoms with Crippen molar-refractivity contribution in [3.63, 3.8) is 0 Å². The molecule has 0 saturated heterocycles. The van der Waals surface area contributed by atoms with E-state index in [0.717, 1.165) is 5.65 Å². The van der Waals surface area contributed by atoms with Gasteiger partial charge in [0.15, 0.2) is 0 Å². The quantitative estimate of drug-likeness (QED) is 0.693. The molecule has 0 aliphatic rings. The Bertz CT molecular complexity index is 359. The molecule has 0 fully saturated rings. The predicted molar refractivity (Wildman–Crippen MR) is 48.1 cm³/mol. The van der Waals surface area contributed by atoms with E-state index < -0.39 is 0 Å². The highest BCUT2D eigenvalue weighted by molar-refractivity contribution is 7.16. The van der Waals surface area contributed by atoms with Crippen LogP contribution < -0.4 is 0 Å². The zero-order valence-electron chi connectivity index (χ0n) is 6.59. The molecule has 1 N–H and O–H groups in total. The van der Waals surface area contributed by atoms with Gasteiger partial charge in [-0.05, 0) is 11.5 Å². The number of thiazole rings is 1. The minimum Gasteiger partial charge on any atom is -0.345 e. The lowest BCUT2D eigenvalue weighted by Gasteiger charge is -1.97. The largest absolute Gasteiger partial charge is 0.345 e. The van der Waals surface area contributed by atoms with Gasteiger partial charge in [0, 0.05) is 6.20 Å². The van der Waals surface area contributed by atoms with Crippen LogP contribution in [0.2, 0.25) is 0 Å². The number of nitrogens with zero attached hydrogens (tertiary/aromatic N) is 1. The van der Waals surface area contributed by atoms with Crippen molar-refractivity contribution in [1.82, 2.24) is 9.97 Å². The van der Waals surface area contributed by atoms with E-state index in [0.29, 0.717) is 5.92 Å². The first-order valence-corrected chi connectivity index (χ1v) is 4.57. The third-order valence-corrected chi connectivity index (χ3v) is 2.69.